The minimum atomic E-state index is -3.85. The van der Waals surface area contributed by atoms with Crippen molar-refractivity contribution in [1.29, 1.82) is 0 Å². The van der Waals surface area contributed by atoms with Crippen LogP contribution in [0.2, 0.25) is 0 Å². The van der Waals surface area contributed by atoms with E-state index in [0.717, 1.165) is 12.8 Å². The minimum absolute atomic E-state index is 0.0393. The summed E-state index contributed by atoms with van der Waals surface area (Å²) in [5.41, 5.74) is 0.675. The van der Waals surface area contributed by atoms with Gasteiger partial charge in [-0.05, 0) is 31.0 Å². The molecule has 3 N–H and O–H groups in total. The van der Waals surface area contributed by atoms with Crippen LogP contribution >= 0.6 is 15.9 Å². The maximum atomic E-state index is 12.0. The molecule has 0 atom stereocenters. The highest BCUT2D eigenvalue weighted by molar-refractivity contribution is 9.10. The van der Waals surface area contributed by atoms with Gasteiger partial charge in [0.15, 0.2) is 0 Å². The number of hydrogen-bond acceptors (Lipinski definition) is 3. The molecular formula is C12H17BrN2O3S. The van der Waals surface area contributed by atoms with Crippen molar-refractivity contribution in [3.63, 3.8) is 0 Å². The number of halogens is 1. The van der Waals surface area contributed by atoms with Crippen molar-refractivity contribution >= 4 is 31.9 Å². The molecule has 0 aromatic heterocycles. The molecule has 1 aromatic carbocycles. The molecule has 1 rings (SSSR count). The van der Waals surface area contributed by atoms with Gasteiger partial charge in [0.1, 0.15) is 0 Å². The summed E-state index contributed by atoms with van der Waals surface area (Å²) in [6.45, 7) is 4.16. The summed E-state index contributed by atoms with van der Waals surface area (Å²) < 4.78 is 23.4. The Morgan fingerprint density at radius 3 is 2.58 bits per heavy atom. The maximum absolute atomic E-state index is 12.0. The lowest BCUT2D eigenvalue weighted by Crippen LogP contribution is -2.26. The predicted octanol–water partition coefficient (Wildman–Crippen LogP) is 1.93. The zero-order valence-corrected chi connectivity index (χ0v) is 13.3. The van der Waals surface area contributed by atoms with E-state index in [-0.39, 0.29) is 10.8 Å². The van der Waals surface area contributed by atoms with Crippen LogP contribution in [0.4, 0.5) is 0 Å². The lowest BCUT2D eigenvalue weighted by Gasteiger charge is -2.11. The van der Waals surface area contributed by atoms with Crippen molar-refractivity contribution in [2.24, 2.45) is 5.14 Å². The highest BCUT2D eigenvalue weighted by atomic mass is 79.9. The van der Waals surface area contributed by atoms with Crippen LogP contribution < -0.4 is 10.5 Å². The van der Waals surface area contributed by atoms with Gasteiger partial charge in [0.05, 0.1) is 4.90 Å². The van der Waals surface area contributed by atoms with Crippen LogP contribution in [0.5, 0.6) is 0 Å². The van der Waals surface area contributed by atoms with Gasteiger partial charge in [-0.15, -0.1) is 0 Å². The Balaban J connectivity index is 3.15. The van der Waals surface area contributed by atoms with Gasteiger partial charge >= 0.3 is 0 Å². The number of nitrogens with two attached hydrogens (primary N) is 1. The lowest BCUT2D eigenvalue weighted by atomic mass is 10.1. The van der Waals surface area contributed by atoms with Crippen molar-refractivity contribution in [2.45, 2.75) is 31.6 Å². The van der Waals surface area contributed by atoms with Crippen molar-refractivity contribution in [3.05, 3.63) is 27.7 Å². The second-order valence-corrected chi connectivity index (χ2v) is 6.68. The number of hydrogen-bond donors (Lipinski definition) is 2. The monoisotopic (exact) mass is 348 g/mol. The van der Waals surface area contributed by atoms with Gasteiger partial charge in [-0.2, -0.15) is 0 Å². The first-order valence-electron chi connectivity index (χ1n) is 5.88. The lowest BCUT2D eigenvalue weighted by molar-refractivity contribution is 0.0952. The zero-order chi connectivity index (χ0) is 14.6. The van der Waals surface area contributed by atoms with Gasteiger partial charge < -0.3 is 5.32 Å². The third kappa shape index (κ3) is 4.29. The van der Waals surface area contributed by atoms with E-state index in [2.05, 4.69) is 21.2 Å². The summed E-state index contributed by atoms with van der Waals surface area (Å²) in [6.07, 6.45) is 1.85. The summed E-state index contributed by atoms with van der Waals surface area (Å²) in [4.78, 5) is 12.0. The van der Waals surface area contributed by atoms with E-state index < -0.39 is 10.0 Å². The molecule has 5 nitrogen and oxygen atoms in total. The predicted molar refractivity (Wildman–Crippen MR) is 77.5 cm³/mol. The van der Waals surface area contributed by atoms with E-state index in [0.29, 0.717) is 22.1 Å². The third-order valence-corrected chi connectivity index (χ3v) is 4.19. The van der Waals surface area contributed by atoms with Crippen molar-refractivity contribution in [2.75, 3.05) is 6.54 Å². The molecule has 106 valence electrons. The van der Waals surface area contributed by atoms with Crippen LogP contribution in [0.15, 0.2) is 21.5 Å². The summed E-state index contributed by atoms with van der Waals surface area (Å²) in [5, 5.41) is 7.89. The standard InChI is InChI=1S/C12H17BrN2O3S/c1-3-4-5-15-12(16)10-6-9(13)7-11(8(10)2)19(14,17)18/h6-7H,3-5H2,1-2H3,(H,15,16)(H2,14,17,18). The normalized spacial score (nSPS) is 11.4. The highest BCUT2D eigenvalue weighted by Gasteiger charge is 2.19. The molecule has 19 heavy (non-hydrogen) atoms. The first-order chi connectivity index (χ1) is 8.77. The summed E-state index contributed by atoms with van der Waals surface area (Å²) in [5.74, 6) is -0.294. The average molecular weight is 349 g/mol. The smallest absolute Gasteiger partial charge is 0.251 e. The number of amides is 1. The van der Waals surface area contributed by atoms with Crippen LogP contribution in [0.3, 0.4) is 0 Å². The molecule has 1 aromatic rings. The van der Waals surface area contributed by atoms with E-state index >= 15 is 0 Å². The first kappa shape index (κ1) is 16.1. The molecule has 7 heteroatoms. The number of rotatable bonds is 5. The largest absolute Gasteiger partial charge is 0.352 e. The summed E-state index contributed by atoms with van der Waals surface area (Å²) in [6, 6.07) is 2.98. The molecule has 0 heterocycles. The number of primary sulfonamides is 1. The van der Waals surface area contributed by atoms with Crippen LogP contribution in [0, 0.1) is 6.92 Å². The highest BCUT2D eigenvalue weighted by Crippen LogP contribution is 2.24. The fourth-order valence-electron chi connectivity index (χ4n) is 1.66. The maximum Gasteiger partial charge on any atom is 0.251 e. The molecule has 0 fully saturated rings. The molecule has 0 saturated carbocycles. The Labute approximate surface area is 121 Å². The molecule has 0 aliphatic carbocycles. The first-order valence-corrected chi connectivity index (χ1v) is 8.22. The molecular weight excluding hydrogens is 332 g/mol. The van der Waals surface area contributed by atoms with Crippen molar-refractivity contribution in [1.82, 2.24) is 5.32 Å². The third-order valence-electron chi connectivity index (χ3n) is 2.69. The number of unbranched alkanes of at least 4 members (excludes halogenated alkanes) is 1. The van der Waals surface area contributed by atoms with E-state index in [1.54, 1.807) is 13.0 Å². The summed E-state index contributed by atoms with van der Waals surface area (Å²) >= 11 is 3.19. The van der Waals surface area contributed by atoms with Gasteiger partial charge in [0, 0.05) is 16.6 Å². The second-order valence-electron chi connectivity index (χ2n) is 4.23. The molecule has 0 saturated heterocycles. The van der Waals surface area contributed by atoms with Gasteiger partial charge in [-0.3, -0.25) is 4.79 Å². The van der Waals surface area contributed by atoms with Crippen LogP contribution in [0.1, 0.15) is 35.7 Å². The van der Waals surface area contributed by atoms with Gasteiger partial charge in [-0.1, -0.05) is 29.3 Å². The molecule has 0 bridgehead atoms. The Bertz CT molecular complexity index is 585. The van der Waals surface area contributed by atoms with Gasteiger partial charge in [0.2, 0.25) is 10.0 Å². The van der Waals surface area contributed by atoms with Gasteiger partial charge in [-0.25, -0.2) is 13.6 Å². The van der Waals surface area contributed by atoms with Crippen LogP contribution in [0.25, 0.3) is 0 Å². The number of carbonyl (C=O) groups is 1. The topological polar surface area (TPSA) is 89.3 Å². The fraction of sp³-hybridized carbons (Fsp3) is 0.417. The van der Waals surface area contributed by atoms with Crippen LogP contribution in [-0.4, -0.2) is 20.9 Å². The minimum Gasteiger partial charge on any atom is -0.352 e. The Kier molecular flexibility index (Phi) is 5.51. The van der Waals surface area contributed by atoms with E-state index in [1.165, 1.54) is 6.07 Å². The van der Waals surface area contributed by atoms with E-state index in [9.17, 15) is 13.2 Å². The Morgan fingerprint density at radius 1 is 1.42 bits per heavy atom. The van der Waals surface area contributed by atoms with Crippen molar-refractivity contribution in [3.8, 4) is 0 Å². The van der Waals surface area contributed by atoms with Crippen LogP contribution in [-0.2, 0) is 10.0 Å². The zero-order valence-electron chi connectivity index (χ0n) is 10.9. The molecule has 0 unspecified atom stereocenters. The van der Waals surface area contributed by atoms with Gasteiger partial charge in [0.25, 0.3) is 5.91 Å². The molecule has 0 aliphatic rings. The number of sulfonamides is 1. The Morgan fingerprint density at radius 2 is 2.05 bits per heavy atom. The second kappa shape index (κ2) is 6.49. The molecule has 0 spiro atoms. The van der Waals surface area contributed by atoms with Crippen molar-refractivity contribution < 1.29 is 13.2 Å². The number of carbonyl (C=O) groups excluding carboxylic acids is 1. The number of nitrogens with one attached hydrogen (secondary N) is 1. The quantitative estimate of drug-likeness (QED) is 0.796. The fourth-order valence-corrected chi connectivity index (χ4v) is 3.10. The van der Waals surface area contributed by atoms with E-state index in [4.69, 9.17) is 5.14 Å². The molecule has 0 aliphatic heterocycles. The SMILES string of the molecule is CCCCNC(=O)c1cc(Br)cc(S(N)(=O)=O)c1C. The summed E-state index contributed by atoms with van der Waals surface area (Å²) in [7, 11) is -3.85. The average Bonchev–Trinajstić information content (AvgIpc) is 2.30. The molecule has 0 radical (unpaired) electrons. The molecule has 1 amide bonds. The number of benzene rings is 1. The Hall–Kier alpha value is -0.920. The van der Waals surface area contributed by atoms with E-state index in [1.807, 2.05) is 6.92 Å².